The minimum absolute atomic E-state index is 0.185. The number of hydrogen-bond acceptors (Lipinski definition) is 6. The zero-order valence-corrected chi connectivity index (χ0v) is 18.1. The minimum atomic E-state index is -3.94. The molecule has 0 atom stereocenters. The highest BCUT2D eigenvalue weighted by molar-refractivity contribution is 7.89. The molecule has 1 aliphatic heterocycles. The SMILES string of the molecule is Cc1nc2scc(C)n2c(=O)c1S(=O)(=O)NC1CCN(Cc2ccccc2)CC1. The van der Waals surface area contributed by atoms with Crippen LogP contribution < -0.4 is 10.3 Å². The first-order valence-corrected chi connectivity index (χ1v) is 12.0. The Morgan fingerprint density at radius 1 is 1.17 bits per heavy atom. The molecule has 1 aromatic carbocycles. The smallest absolute Gasteiger partial charge is 0.279 e. The molecular weight excluding hydrogens is 408 g/mol. The average molecular weight is 433 g/mol. The normalized spacial score (nSPS) is 16.5. The predicted octanol–water partition coefficient (Wildman–Crippen LogP) is 2.32. The number of hydrogen-bond donors (Lipinski definition) is 1. The van der Waals surface area contributed by atoms with Crippen molar-refractivity contribution in [3.63, 3.8) is 0 Å². The maximum Gasteiger partial charge on any atom is 0.279 e. The van der Waals surface area contributed by atoms with E-state index in [1.54, 1.807) is 19.2 Å². The molecule has 0 radical (unpaired) electrons. The molecule has 0 saturated carbocycles. The van der Waals surface area contributed by atoms with E-state index in [2.05, 4.69) is 26.7 Å². The minimum Gasteiger partial charge on any atom is -0.299 e. The van der Waals surface area contributed by atoms with Crippen LogP contribution in [0.1, 0.15) is 29.8 Å². The third-order valence-electron chi connectivity index (χ3n) is 5.30. The fourth-order valence-electron chi connectivity index (χ4n) is 3.81. The van der Waals surface area contributed by atoms with E-state index in [1.807, 2.05) is 18.2 Å². The number of benzene rings is 1. The van der Waals surface area contributed by atoms with Crippen molar-refractivity contribution in [3.05, 3.63) is 63.0 Å². The lowest BCUT2D eigenvalue weighted by molar-refractivity contribution is 0.200. The summed E-state index contributed by atoms with van der Waals surface area (Å²) in [5, 5.41) is 1.80. The molecule has 154 valence electrons. The molecule has 29 heavy (non-hydrogen) atoms. The van der Waals surface area contributed by atoms with Crippen molar-refractivity contribution >= 4 is 26.3 Å². The van der Waals surface area contributed by atoms with Crippen molar-refractivity contribution in [2.45, 2.75) is 44.2 Å². The van der Waals surface area contributed by atoms with Gasteiger partial charge in [0.1, 0.15) is 0 Å². The third-order valence-corrected chi connectivity index (χ3v) is 7.89. The largest absolute Gasteiger partial charge is 0.299 e. The van der Waals surface area contributed by atoms with Gasteiger partial charge in [0.25, 0.3) is 5.56 Å². The van der Waals surface area contributed by atoms with Crippen LogP contribution in [0.3, 0.4) is 0 Å². The lowest BCUT2D eigenvalue weighted by Gasteiger charge is -2.32. The molecular formula is C20H24N4O3S2. The fourth-order valence-corrected chi connectivity index (χ4v) is 6.26. The van der Waals surface area contributed by atoms with Crippen molar-refractivity contribution in [3.8, 4) is 0 Å². The van der Waals surface area contributed by atoms with Gasteiger partial charge < -0.3 is 0 Å². The highest BCUT2D eigenvalue weighted by Gasteiger charge is 2.29. The Balaban J connectivity index is 1.48. The van der Waals surface area contributed by atoms with Crippen molar-refractivity contribution in [1.29, 1.82) is 0 Å². The molecule has 0 amide bonds. The van der Waals surface area contributed by atoms with Gasteiger partial charge in [-0.1, -0.05) is 30.3 Å². The van der Waals surface area contributed by atoms with Crippen molar-refractivity contribution in [2.75, 3.05) is 13.1 Å². The Bertz CT molecular complexity index is 1180. The summed E-state index contributed by atoms with van der Waals surface area (Å²) in [6.45, 7) is 5.82. The van der Waals surface area contributed by atoms with Gasteiger partial charge in [0.15, 0.2) is 9.86 Å². The number of rotatable bonds is 5. The standard InChI is InChI=1S/C20H24N4O3S2/c1-14-13-28-20-21-15(2)18(19(25)24(14)20)29(26,27)22-17-8-10-23(11-9-17)12-16-6-4-3-5-7-16/h3-7,13,17,22H,8-12H2,1-2H3. The van der Waals surface area contributed by atoms with E-state index in [-0.39, 0.29) is 16.6 Å². The second-order valence-electron chi connectivity index (χ2n) is 7.48. The van der Waals surface area contributed by atoms with E-state index in [0.717, 1.165) is 19.6 Å². The maximum absolute atomic E-state index is 13.0. The van der Waals surface area contributed by atoms with Crippen LogP contribution in [0.25, 0.3) is 4.96 Å². The lowest BCUT2D eigenvalue weighted by atomic mass is 10.1. The zero-order chi connectivity index (χ0) is 20.6. The summed E-state index contributed by atoms with van der Waals surface area (Å²) in [5.74, 6) is 0. The molecule has 1 fully saturated rings. The highest BCUT2D eigenvalue weighted by atomic mass is 32.2. The number of likely N-dealkylation sites (tertiary alicyclic amines) is 1. The molecule has 3 heterocycles. The van der Waals surface area contributed by atoms with E-state index in [4.69, 9.17) is 0 Å². The Morgan fingerprint density at radius 3 is 2.55 bits per heavy atom. The summed E-state index contributed by atoms with van der Waals surface area (Å²) in [6.07, 6.45) is 1.42. The molecule has 1 N–H and O–H groups in total. The molecule has 1 saturated heterocycles. The van der Waals surface area contributed by atoms with Crippen LogP contribution in [0.2, 0.25) is 0 Å². The second kappa shape index (κ2) is 7.98. The summed E-state index contributed by atoms with van der Waals surface area (Å²) >= 11 is 1.33. The van der Waals surface area contributed by atoms with E-state index in [1.165, 1.54) is 21.3 Å². The van der Waals surface area contributed by atoms with Gasteiger partial charge in [-0.15, -0.1) is 11.3 Å². The molecule has 0 aliphatic carbocycles. The summed E-state index contributed by atoms with van der Waals surface area (Å²) < 4.78 is 30.2. The molecule has 1 aliphatic rings. The number of sulfonamides is 1. The predicted molar refractivity (Wildman–Crippen MR) is 114 cm³/mol. The van der Waals surface area contributed by atoms with Gasteiger partial charge >= 0.3 is 0 Å². The van der Waals surface area contributed by atoms with Gasteiger partial charge in [0.05, 0.1) is 5.69 Å². The number of aromatic nitrogens is 2. The number of fused-ring (bicyclic) bond motifs is 1. The monoisotopic (exact) mass is 432 g/mol. The maximum atomic E-state index is 13.0. The topological polar surface area (TPSA) is 83.8 Å². The van der Waals surface area contributed by atoms with Crippen LogP contribution in [0.15, 0.2) is 45.4 Å². The second-order valence-corrected chi connectivity index (χ2v) is 9.97. The van der Waals surface area contributed by atoms with Gasteiger partial charge in [-0.3, -0.25) is 14.1 Å². The van der Waals surface area contributed by atoms with Gasteiger partial charge in [0, 0.05) is 36.8 Å². The Morgan fingerprint density at radius 2 is 1.86 bits per heavy atom. The molecule has 0 bridgehead atoms. The van der Waals surface area contributed by atoms with Crippen LogP contribution >= 0.6 is 11.3 Å². The Hall–Kier alpha value is -2.07. The molecule has 9 heteroatoms. The number of piperidine rings is 1. The van der Waals surface area contributed by atoms with Crippen LogP contribution in [0.5, 0.6) is 0 Å². The van der Waals surface area contributed by atoms with Crippen LogP contribution in [0.4, 0.5) is 0 Å². The zero-order valence-electron chi connectivity index (χ0n) is 16.5. The van der Waals surface area contributed by atoms with Crippen molar-refractivity contribution in [2.24, 2.45) is 0 Å². The van der Waals surface area contributed by atoms with Crippen LogP contribution in [-0.4, -0.2) is 41.8 Å². The number of thiazole rings is 1. The van der Waals surface area contributed by atoms with Crippen LogP contribution in [-0.2, 0) is 16.6 Å². The van der Waals surface area contributed by atoms with E-state index < -0.39 is 15.6 Å². The number of nitrogens with one attached hydrogen (secondary N) is 1. The summed E-state index contributed by atoms with van der Waals surface area (Å²) in [6, 6.07) is 10.1. The first kappa shape index (κ1) is 20.2. The lowest BCUT2D eigenvalue weighted by Crippen LogP contribution is -2.45. The van der Waals surface area contributed by atoms with E-state index in [0.29, 0.717) is 23.5 Å². The summed E-state index contributed by atoms with van der Waals surface area (Å²) in [5.41, 5.74) is 1.65. The summed E-state index contributed by atoms with van der Waals surface area (Å²) in [7, 11) is -3.94. The van der Waals surface area contributed by atoms with Gasteiger partial charge in [-0.05, 0) is 32.3 Å². The molecule has 4 rings (SSSR count). The fraction of sp³-hybridized carbons (Fsp3) is 0.400. The quantitative estimate of drug-likeness (QED) is 0.669. The summed E-state index contributed by atoms with van der Waals surface area (Å²) in [4.78, 5) is 19.8. The Labute approximate surface area is 174 Å². The molecule has 7 nitrogen and oxygen atoms in total. The van der Waals surface area contributed by atoms with Gasteiger partial charge in [0.2, 0.25) is 10.0 Å². The molecule has 3 aromatic rings. The first-order valence-electron chi connectivity index (χ1n) is 9.61. The van der Waals surface area contributed by atoms with E-state index in [9.17, 15) is 13.2 Å². The van der Waals surface area contributed by atoms with Gasteiger partial charge in [-0.25, -0.2) is 18.1 Å². The Kier molecular flexibility index (Phi) is 5.56. The van der Waals surface area contributed by atoms with Crippen LogP contribution in [0, 0.1) is 13.8 Å². The number of nitrogens with zero attached hydrogens (tertiary/aromatic N) is 3. The molecule has 0 spiro atoms. The molecule has 2 aromatic heterocycles. The first-order chi connectivity index (χ1) is 13.8. The van der Waals surface area contributed by atoms with E-state index >= 15 is 0 Å². The molecule has 0 unspecified atom stereocenters. The van der Waals surface area contributed by atoms with Gasteiger partial charge in [-0.2, -0.15) is 0 Å². The highest BCUT2D eigenvalue weighted by Crippen LogP contribution is 2.19. The van der Waals surface area contributed by atoms with Crippen molar-refractivity contribution in [1.82, 2.24) is 19.0 Å². The van der Waals surface area contributed by atoms with Crippen molar-refractivity contribution < 1.29 is 8.42 Å². The number of aryl methyl sites for hydroxylation is 2. The average Bonchev–Trinajstić information content (AvgIpc) is 3.04. The third kappa shape index (κ3) is 4.13.